The molecule has 0 saturated carbocycles. The SMILES string of the molecule is Cc1ccccc1S(=O)(=O)OC(C)N(C)C(=O)OC(C)(C)C. The summed E-state index contributed by atoms with van der Waals surface area (Å²) in [6, 6.07) is 6.50. The number of carbonyl (C=O) groups excluding carboxylic acids is 1. The minimum Gasteiger partial charge on any atom is -0.444 e. The van der Waals surface area contributed by atoms with E-state index in [1.54, 1.807) is 45.9 Å². The summed E-state index contributed by atoms with van der Waals surface area (Å²) in [6.07, 6.45) is -1.64. The first-order valence-electron chi connectivity index (χ1n) is 6.89. The lowest BCUT2D eigenvalue weighted by Crippen LogP contribution is -2.41. The number of rotatable bonds is 4. The quantitative estimate of drug-likeness (QED) is 0.627. The standard InChI is InChI=1S/C15H23NO5S/c1-11-9-7-8-10-13(11)22(18,19)21-12(2)16(6)14(17)20-15(3,4)5/h7-10,12H,1-6H3. The number of carbonyl (C=O) groups is 1. The Morgan fingerprint density at radius 2 is 1.77 bits per heavy atom. The molecule has 1 atom stereocenters. The molecule has 0 saturated heterocycles. The van der Waals surface area contributed by atoms with E-state index in [0.717, 1.165) is 4.90 Å². The van der Waals surface area contributed by atoms with Crippen LogP contribution in [0.15, 0.2) is 29.2 Å². The Labute approximate surface area is 132 Å². The Kier molecular flexibility index (Phi) is 5.59. The first kappa shape index (κ1) is 18.4. The highest BCUT2D eigenvalue weighted by Gasteiger charge is 2.28. The van der Waals surface area contributed by atoms with E-state index in [1.807, 2.05) is 0 Å². The average Bonchev–Trinajstić information content (AvgIpc) is 2.35. The second kappa shape index (κ2) is 6.66. The maximum absolute atomic E-state index is 12.3. The molecular weight excluding hydrogens is 306 g/mol. The van der Waals surface area contributed by atoms with E-state index in [4.69, 9.17) is 8.92 Å². The van der Waals surface area contributed by atoms with Gasteiger partial charge in [0.25, 0.3) is 10.1 Å². The van der Waals surface area contributed by atoms with Crippen molar-refractivity contribution in [2.45, 2.75) is 51.3 Å². The molecule has 1 aromatic rings. The smallest absolute Gasteiger partial charge is 0.412 e. The number of hydrogen-bond donors (Lipinski definition) is 0. The maximum Gasteiger partial charge on any atom is 0.412 e. The third-order valence-corrected chi connectivity index (χ3v) is 4.38. The summed E-state index contributed by atoms with van der Waals surface area (Å²) in [5, 5.41) is 0. The third kappa shape index (κ3) is 4.99. The van der Waals surface area contributed by atoms with Crippen molar-refractivity contribution in [3.8, 4) is 0 Å². The molecule has 0 spiro atoms. The molecule has 0 heterocycles. The fourth-order valence-electron chi connectivity index (χ4n) is 1.62. The van der Waals surface area contributed by atoms with Crippen LogP contribution in [0.1, 0.15) is 33.3 Å². The first-order chi connectivity index (χ1) is 9.94. The molecule has 0 fully saturated rings. The summed E-state index contributed by atoms with van der Waals surface area (Å²) in [6.45, 7) is 8.34. The van der Waals surface area contributed by atoms with Gasteiger partial charge in [0.05, 0.1) is 4.90 Å². The number of amides is 1. The van der Waals surface area contributed by atoms with Gasteiger partial charge in [-0.1, -0.05) is 18.2 Å². The minimum absolute atomic E-state index is 0.0828. The highest BCUT2D eigenvalue weighted by atomic mass is 32.2. The molecule has 124 valence electrons. The van der Waals surface area contributed by atoms with Gasteiger partial charge in [-0.2, -0.15) is 8.42 Å². The maximum atomic E-state index is 12.3. The van der Waals surface area contributed by atoms with Gasteiger partial charge in [-0.05, 0) is 46.2 Å². The summed E-state index contributed by atoms with van der Waals surface area (Å²) in [7, 11) is -2.54. The summed E-state index contributed by atoms with van der Waals surface area (Å²) in [5.41, 5.74) is -0.0884. The second-order valence-corrected chi connectivity index (χ2v) is 7.55. The van der Waals surface area contributed by atoms with Gasteiger partial charge in [0.2, 0.25) is 0 Å². The molecule has 0 aromatic heterocycles. The molecule has 0 N–H and O–H groups in total. The van der Waals surface area contributed by atoms with E-state index in [1.165, 1.54) is 20.0 Å². The molecule has 7 heteroatoms. The van der Waals surface area contributed by atoms with Crippen LogP contribution in [0, 0.1) is 6.92 Å². The van der Waals surface area contributed by atoms with Crippen molar-refractivity contribution in [3.05, 3.63) is 29.8 Å². The second-order valence-electron chi connectivity index (χ2n) is 6.01. The van der Waals surface area contributed by atoms with Crippen LogP contribution < -0.4 is 0 Å². The minimum atomic E-state index is -3.96. The highest BCUT2D eigenvalue weighted by molar-refractivity contribution is 7.86. The lowest BCUT2D eigenvalue weighted by molar-refractivity contribution is -0.00311. The highest BCUT2D eigenvalue weighted by Crippen LogP contribution is 2.20. The fourth-order valence-corrected chi connectivity index (χ4v) is 2.93. The Morgan fingerprint density at radius 3 is 2.27 bits per heavy atom. The van der Waals surface area contributed by atoms with E-state index >= 15 is 0 Å². The van der Waals surface area contributed by atoms with E-state index < -0.39 is 28.0 Å². The van der Waals surface area contributed by atoms with Crippen LogP contribution in [-0.2, 0) is 19.0 Å². The van der Waals surface area contributed by atoms with E-state index in [9.17, 15) is 13.2 Å². The van der Waals surface area contributed by atoms with Gasteiger partial charge < -0.3 is 4.74 Å². The zero-order valence-electron chi connectivity index (χ0n) is 13.8. The molecule has 1 amide bonds. The predicted octanol–water partition coefficient (Wildman–Crippen LogP) is 2.91. The van der Waals surface area contributed by atoms with Crippen LogP contribution in [0.5, 0.6) is 0 Å². The number of hydrogen-bond acceptors (Lipinski definition) is 5. The molecular formula is C15H23NO5S. The number of ether oxygens (including phenoxy) is 1. The lowest BCUT2D eigenvalue weighted by atomic mass is 10.2. The van der Waals surface area contributed by atoms with Crippen molar-refractivity contribution in [2.75, 3.05) is 7.05 Å². The van der Waals surface area contributed by atoms with Gasteiger partial charge in [-0.15, -0.1) is 0 Å². The van der Waals surface area contributed by atoms with E-state index in [0.29, 0.717) is 5.56 Å². The number of benzene rings is 1. The summed E-state index contributed by atoms with van der Waals surface area (Å²) >= 11 is 0. The van der Waals surface area contributed by atoms with Crippen molar-refractivity contribution < 1.29 is 22.1 Å². The largest absolute Gasteiger partial charge is 0.444 e. The first-order valence-corrected chi connectivity index (χ1v) is 8.29. The normalized spacial score (nSPS) is 13.5. The van der Waals surface area contributed by atoms with Gasteiger partial charge in [0.15, 0.2) is 6.23 Å². The Hall–Kier alpha value is -1.60. The molecule has 0 radical (unpaired) electrons. The summed E-state index contributed by atoms with van der Waals surface area (Å²) in [4.78, 5) is 13.1. The van der Waals surface area contributed by atoms with Crippen LogP contribution in [0.3, 0.4) is 0 Å². The molecule has 1 rings (SSSR count). The molecule has 0 aliphatic heterocycles. The van der Waals surface area contributed by atoms with Crippen LogP contribution in [-0.4, -0.2) is 38.3 Å². The van der Waals surface area contributed by atoms with E-state index in [-0.39, 0.29) is 4.90 Å². The van der Waals surface area contributed by atoms with Crippen molar-refractivity contribution in [1.29, 1.82) is 0 Å². The average molecular weight is 329 g/mol. The fraction of sp³-hybridized carbons (Fsp3) is 0.533. The molecule has 0 aliphatic rings. The van der Waals surface area contributed by atoms with Gasteiger partial charge in [-0.25, -0.2) is 8.98 Å². The van der Waals surface area contributed by atoms with Gasteiger partial charge in [0.1, 0.15) is 5.60 Å². The van der Waals surface area contributed by atoms with Crippen molar-refractivity contribution in [3.63, 3.8) is 0 Å². The number of aryl methyl sites for hydroxylation is 1. The van der Waals surface area contributed by atoms with Crippen LogP contribution in [0.2, 0.25) is 0 Å². The Morgan fingerprint density at radius 1 is 1.23 bits per heavy atom. The van der Waals surface area contributed by atoms with Gasteiger partial charge >= 0.3 is 6.09 Å². The lowest BCUT2D eigenvalue weighted by Gasteiger charge is -2.28. The third-order valence-electron chi connectivity index (χ3n) is 2.86. The summed E-state index contributed by atoms with van der Waals surface area (Å²) < 4.78 is 34.8. The van der Waals surface area contributed by atoms with Crippen molar-refractivity contribution >= 4 is 16.2 Å². The van der Waals surface area contributed by atoms with Crippen LogP contribution in [0.25, 0.3) is 0 Å². The number of nitrogens with zero attached hydrogens (tertiary/aromatic N) is 1. The Balaban J connectivity index is 2.85. The topological polar surface area (TPSA) is 72.9 Å². The zero-order chi connectivity index (χ0) is 17.1. The molecule has 1 aromatic carbocycles. The van der Waals surface area contributed by atoms with Crippen molar-refractivity contribution in [1.82, 2.24) is 4.90 Å². The molecule has 6 nitrogen and oxygen atoms in total. The zero-order valence-corrected chi connectivity index (χ0v) is 14.6. The van der Waals surface area contributed by atoms with Crippen LogP contribution in [0.4, 0.5) is 4.79 Å². The molecule has 22 heavy (non-hydrogen) atoms. The van der Waals surface area contributed by atoms with Crippen molar-refractivity contribution in [2.24, 2.45) is 0 Å². The molecule has 0 bridgehead atoms. The monoisotopic (exact) mass is 329 g/mol. The van der Waals surface area contributed by atoms with Crippen LogP contribution >= 0.6 is 0 Å². The summed E-state index contributed by atoms with van der Waals surface area (Å²) in [5.74, 6) is 0. The molecule has 0 aliphatic carbocycles. The van der Waals surface area contributed by atoms with E-state index in [2.05, 4.69) is 0 Å². The predicted molar refractivity (Wildman–Crippen MR) is 82.9 cm³/mol. The molecule has 1 unspecified atom stereocenters. The van der Waals surface area contributed by atoms with Gasteiger partial charge in [0, 0.05) is 7.05 Å². The van der Waals surface area contributed by atoms with Gasteiger partial charge in [-0.3, -0.25) is 4.90 Å². The Bertz CT molecular complexity index is 634.